The molecule has 0 saturated heterocycles. The molecule has 3 rings (SSSR count). The van der Waals surface area contributed by atoms with Crippen molar-refractivity contribution >= 4 is 23.4 Å². The van der Waals surface area contributed by atoms with Gasteiger partial charge in [0.1, 0.15) is 5.75 Å². The van der Waals surface area contributed by atoms with Gasteiger partial charge in [0.25, 0.3) is 11.8 Å². The molecule has 0 spiro atoms. The molecule has 6 nitrogen and oxygen atoms in total. The summed E-state index contributed by atoms with van der Waals surface area (Å²) >= 11 is 0. The smallest absolute Gasteiger partial charge is 0.387 e. The summed E-state index contributed by atoms with van der Waals surface area (Å²) in [6.07, 6.45) is 0.409. The predicted octanol–water partition coefficient (Wildman–Crippen LogP) is 3.30. The Hall–Kier alpha value is -3.29. The van der Waals surface area contributed by atoms with E-state index in [0.717, 1.165) is 4.90 Å². The molecule has 0 saturated carbocycles. The Labute approximate surface area is 153 Å². The Morgan fingerprint density at radius 2 is 1.59 bits per heavy atom. The number of nitrogens with one attached hydrogen (secondary N) is 1. The third-order valence-electron chi connectivity index (χ3n) is 4.03. The first-order chi connectivity index (χ1) is 13.0. The first-order valence-electron chi connectivity index (χ1n) is 8.25. The number of ether oxygens (including phenoxy) is 1. The lowest BCUT2D eigenvalue weighted by Gasteiger charge is -2.13. The molecule has 1 aliphatic rings. The van der Waals surface area contributed by atoms with Crippen LogP contribution in [0.15, 0.2) is 48.5 Å². The van der Waals surface area contributed by atoms with E-state index in [1.165, 1.54) is 24.3 Å². The van der Waals surface area contributed by atoms with Crippen LogP contribution in [0.1, 0.15) is 33.6 Å². The number of benzene rings is 2. The minimum Gasteiger partial charge on any atom is -0.435 e. The fraction of sp³-hybridized carbons (Fsp3) is 0.211. The lowest BCUT2D eigenvalue weighted by molar-refractivity contribution is -0.116. The van der Waals surface area contributed by atoms with Gasteiger partial charge in [0.15, 0.2) is 0 Å². The van der Waals surface area contributed by atoms with Gasteiger partial charge in [-0.3, -0.25) is 19.3 Å². The molecule has 3 amide bonds. The standard InChI is InChI=1S/C19H16F2N2O4/c20-19(21)27-13-9-7-12(8-10-13)22-16(24)6-3-11-23-17(25)14-4-1-2-5-15(14)18(23)26/h1-2,4-5,7-10,19H,3,6,11H2,(H,22,24). The van der Waals surface area contributed by atoms with E-state index in [4.69, 9.17) is 0 Å². The predicted molar refractivity (Wildman–Crippen MR) is 92.7 cm³/mol. The highest BCUT2D eigenvalue weighted by molar-refractivity contribution is 6.21. The zero-order valence-electron chi connectivity index (χ0n) is 14.2. The maximum Gasteiger partial charge on any atom is 0.387 e. The van der Waals surface area contributed by atoms with Crippen LogP contribution in [-0.2, 0) is 4.79 Å². The van der Waals surface area contributed by atoms with Gasteiger partial charge in [-0.2, -0.15) is 8.78 Å². The zero-order valence-corrected chi connectivity index (χ0v) is 14.2. The fourth-order valence-corrected chi connectivity index (χ4v) is 2.78. The molecule has 0 aliphatic carbocycles. The number of hydrogen-bond acceptors (Lipinski definition) is 4. The summed E-state index contributed by atoms with van der Waals surface area (Å²) in [5.41, 5.74) is 1.18. The van der Waals surface area contributed by atoms with Gasteiger partial charge < -0.3 is 10.1 Å². The number of amides is 3. The summed E-state index contributed by atoms with van der Waals surface area (Å²) in [5, 5.41) is 2.62. The lowest BCUT2D eigenvalue weighted by atomic mass is 10.1. The van der Waals surface area contributed by atoms with Crippen molar-refractivity contribution in [1.29, 1.82) is 0 Å². The minimum absolute atomic E-state index is 0.00590. The molecule has 1 N–H and O–H groups in total. The average molecular weight is 374 g/mol. The van der Waals surface area contributed by atoms with Crippen molar-refractivity contribution in [3.63, 3.8) is 0 Å². The molecule has 140 valence electrons. The van der Waals surface area contributed by atoms with Crippen molar-refractivity contribution in [3.8, 4) is 5.75 Å². The summed E-state index contributed by atoms with van der Waals surface area (Å²) < 4.78 is 28.4. The molecular formula is C19H16F2N2O4. The number of alkyl halides is 2. The van der Waals surface area contributed by atoms with Crippen LogP contribution in [0.2, 0.25) is 0 Å². The molecule has 0 fully saturated rings. The molecule has 27 heavy (non-hydrogen) atoms. The van der Waals surface area contributed by atoms with Gasteiger partial charge in [0.2, 0.25) is 5.91 Å². The highest BCUT2D eigenvalue weighted by atomic mass is 19.3. The third-order valence-corrected chi connectivity index (χ3v) is 4.03. The maximum atomic E-state index is 12.2. The van der Waals surface area contributed by atoms with E-state index in [0.29, 0.717) is 23.2 Å². The van der Waals surface area contributed by atoms with Crippen LogP contribution in [-0.4, -0.2) is 35.8 Å². The summed E-state index contributed by atoms with van der Waals surface area (Å²) in [7, 11) is 0. The monoisotopic (exact) mass is 374 g/mol. The molecule has 2 aromatic carbocycles. The van der Waals surface area contributed by atoms with Crippen LogP contribution < -0.4 is 10.1 Å². The summed E-state index contributed by atoms with van der Waals surface area (Å²) in [6, 6.07) is 12.1. The molecule has 0 aromatic heterocycles. The van der Waals surface area contributed by atoms with Crippen LogP contribution in [0.25, 0.3) is 0 Å². The second-order valence-electron chi connectivity index (χ2n) is 5.86. The van der Waals surface area contributed by atoms with Gasteiger partial charge in [0, 0.05) is 18.7 Å². The number of carbonyl (C=O) groups is 3. The van der Waals surface area contributed by atoms with Crippen molar-refractivity contribution in [2.24, 2.45) is 0 Å². The van der Waals surface area contributed by atoms with Gasteiger partial charge >= 0.3 is 6.61 Å². The largest absolute Gasteiger partial charge is 0.435 e. The Balaban J connectivity index is 1.48. The highest BCUT2D eigenvalue weighted by Gasteiger charge is 2.34. The van der Waals surface area contributed by atoms with E-state index in [1.807, 2.05) is 0 Å². The van der Waals surface area contributed by atoms with Crippen molar-refractivity contribution < 1.29 is 27.9 Å². The lowest BCUT2D eigenvalue weighted by Crippen LogP contribution is -2.31. The number of nitrogens with zero attached hydrogens (tertiary/aromatic N) is 1. The molecule has 0 bridgehead atoms. The van der Waals surface area contributed by atoms with Crippen LogP contribution in [0, 0.1) is 0 Å². The number of hydrogen-bond donors (Lipinski definition) is 1. The van der Waals surface area contributed by atoms with E-state index >= 15 is 0 Å². The topological polar surface area (TPSA) is 75.7 Å². The molecule has 1 heterocycles. The Morgan fingerprint density at radius 3 is 2.15 bits per heavy atom. The first-order valence-corrected chi connectivity index (χ1v) is 8.25. The normalized spacial score (nSPS) is 13.1. The minimum atomic E-state index is -2.91. The number of anilines is 1. The Kier molecular flexibility index (Phi) is 5.44. The molecule has 0 radical (unpaired) electrons. The molecular weight excluding hydrogens is 358 g/mol. The van der Waals surface area contributed by atoms with Crippen molar-refractivity contribution in [3.05, 3.63) is 59.7 Å². The van der Waals surface area contributed by atoms with E-state index in [-0.39, 0.29) is 36.4 Å². The molecule has 0 atom stereocenters. The number of imide groups is 1. The van der Waals surface area contributed by atoms with Crippen molar-refractivity contribution in [1.82, 2.24) is 4.90 Å². The fourth-order valence-electron chi connectivity index (χ4n) is 2.78. The van der Waals surface area contributed by atoms with E-state index in [9.17, 15) is 23.2 Å². The van der Waals surface area contributed by atoms with Crippen molar-refractivity contribution in [2.75, 3.05) is 11.9 Å². The van der Waals surface area contributed by atoms with E-state index in [1.54, 1.807) is 24.3 Å². The number of carbonyl (C=O) groups excluding carboxylic acids is 3. The summed E-state index contributed by atoms with van der Waals surface area (Å²) in [5.74, 6) is -1.03. The van der Waals surface area contributed by atoms with E-state index < -0.39 is 6.61 Å². The van der Waals surface area contributed by atoms with Crippen LogP contribution >= 0.6 is 0 Å². The number of halogens is 2. The van der Waals surface area contributed by atoms with Gasteiger partial charge in [0.05, 0.1) is 11.1 Å². The Bertz CT molecular complexity index is 833. The first kappa shape index (κ1) is 18.5. The second kappa shape index (κ2) is 7.94. The zero-order chi connectivity index (χ0) is 19.4. The second-order valence-corrected chi connectivity index (χ2v) is 5.86. The molecule has 0 unspecified atom stereocenters. The summed E-state index contributed by atoms with van der Waals surface area (Å²) in [4.78, 5) is 37.6. The molecule has 8 heteroatoms. The van der Waals surface area contributed by atoms with Crippen LogP contribution in [0.4, 0.5) is 14.5 Å². The van der Waals surface area contributed by atoms with Gasteiger partial charge in [-0.25, -0.2) is 0 Å². The molecule has 1 aliphatic heterocycles. The van der Waals surface area contributed by atoms with Gasteiger partial charge in [-0.1, -0.05) is 12.1 Å². The SMILES string of the molecule is O=C(CCCN1C(=O)c2ccccc2C1=O)Nc1ccc(OC(F)F)cc1. The van der Waals surface area contributed by atoms with Gasteiger partial charge in [-0.15, -0.1) is 0 Å². The van der Waals surface area contributed by atoms with Crippen molar-refractivity contribution in [2.45, 2.75) is 19.5 Å². The van der Waals surface area contributed by atoms with Crippen LogP contribution in [0.3, 0.4) is 0 Å². The van der Waals surface area contributed by atoms with E-state index in [2.05, 4.69) is 10.1 Å². The average Bonchev–Trinajstić information content (AvgIpc) is 2.88. The maximum absolute atomic E-state index is 12.2. The quantitative estimate of drug-likeness (QED) is 0.755. The third kappa shape index (κ3) is 4.28. The van der Waals surface area contributed by atoms with Crippen LogP contribution in [0.5, 0.6) is 5.75 Å². The Morgan fingerprint density at radius 1 is 1.00 bits per heavy atom. The molecule has 2 aromatic rings. The highest BCUT2D eigenvalue weighted by Crippen LogP contribution is 2.23. The van der Waals surface area contributed by atoms with Gasteiger partial charge in [-0.05, 0) is 42.8 Å². The number of rotatable bonds is 7. The number of fused-ring (bicyclic) bond motifs is 1. The summed E-state index contributed by atoms with van der Waals surface area (Å²) in [6.45, 7) is -2.77.